The molecule has 2 aromatic heterocycles. The Morgan fingerprint density at radius 2 is 2.09 bits per heavy atom. The smallest absolute Gasteiger partial charge is 0.158 e. The van der Waals surface area contributed by atoms with Crippen LogP contribution in [0.4, 0.5) is 10.2 Å². The summed E-state index contributed by atoms with van der Waals surface area (Å²) in [4.78, 5) is 5.84. The van der Waals surface area contributed by atoms with Gasteiger partial charge in [-0.05, 0) is 57.0 Å². The molecule has 1 aromatic carbocycles. The summed E-state index contributed by atoms with van der Waals surface area (Å²) >= 11 is 0. The number of nitrogens with one attached hydrogen (secondary N) is 1. The van der Waals surface area contributed by atoms with E-state index in [0.29, 0.717) is 41.3 Å². The van der Waals surface area contributed by atoms with Crippen LogP contribution in [0.2, 0.25) is 0 Å². The molecule has 1 fully saturated rings. The first-order valence-electron chi connectivity index (χ1n) is 10.7. The van der Waals surface area contributed by atoms with Crippen LogP contribution in [0, 0.1) is 11.3 Å². The molecule has 2 N–H and O–H groups in total. The monoisotopic (exact) mass is 435 g/mol. The van der Waals surface area contributed by atoms with E-state index >= 15 is 0 Å². The average molecular weight is 436 g/mol. The Morgan fingerprint density at radius 1 is 1.25 bits per heavy atom. The van der Waals surface area contributed by atoms with Crippen molar-refractivity contribution in [2.45, 2.75) is 43.9 Å². The highest BCUT2D eigenvalue weighted by Crippen LogP contribution is 2.31. The number of rotatable bonds is 5. The third-order valence-electron chi connectivity index (χ3n) is 6.15. The summed E-state index contributed by atoms with van der Waals surface area (Å²) in [5, 5.41) is 31.3. The molecular formula is C23H26FN7O. The van der Waals surface area contributed by atoms with E-state index < -0.39 is 6.17 Å². The molecule has 8 nitrogen and oxygen atoms in total. The van der Waals surface area contributed by atoms with Gasteiger partial charge in [0.1, 0.15) is 24.3 Å². The fourth-order valence-corrected chi connectivity index (χ4v) is 4.22. The van der Waals surface area contributed by atoms with Crippen LogP contribution in [0.25, 0.3) is 16.9 Å². The van der Waals surface area contributed by atoms with Gasteiger partial charge in [-0.15, -0.1) is 10.2 Å². The minimum absolute atomic E-state index is 0.0366. The van der Waals surface area contributed by atoms with Crippen molar-refractivity contribution in [3.8, 4) is 28.8 Å². The van der Waals surface area contributed by atoms with Crippen molar-refractivity contribution in [1.82, 2.24) is 25.1 Å². The number of nitrogens with zero attached hydrogens (tertiary/aromatic N) is 6. The van der Waals surface area contributed by atoms with Crippen molar-refractivity contribution < 1.29 is 9.50 Å². The summed E-state index contributed by atoms with van der Waals surface area (Å²) in [6, 6.07) is 10.7. The van der Waals surface area contributed by atoms with Crippen molar-refractivity contribution in [1.29, 1.82) is 5.26 Å². The van der Waals surface area contributed by atoms with E-state index in [9.17, 15) is 9.50 Å². The molecule has 166 valence electrons. The second-order valence-corrected chi connectivity index (χ2v) is 8.10. The lowest BCUT2D eigenvalue weighted by Gasteiger charge is -2.31. The van der Waals surface area contributed by atoms with Crippen LogP contribution in [0.15, 0.2) is 42.9 Å². The first-order valence-corrected chi connectivity index (χ1v) is 10.7. The van der Waals surface area contributed by atoms with E-state index in [1.165, 1.54) is 6.33 Å². The molecule has 32 heavy (non-hydrogen) atoms. The van der Waals surface area contributed by atoms with Gasteiger partial charge >= 0.3 is 0 Å². The lowest BCUT2D eigenvalue weighted by Crippen LogP contribution is -2.43. The van der Waals surface area contributed by atoms with Crippen molar-refractivity contribution in [2.75, 3.05) is 19.0 Å². The SMILES string of the molecule is CN[C@H]1CCC[C@@H](F)[C@@H](N(C)c2ccc(-c3ccc(-n4cnc(C#N)c4)cc3O)nn2)C1. The molecule has 0 amide bonds. The van der Waals surface area contributed by atoms with Crippen LogP contribution in [0.1, 0.15) is 31.4 Å². The maximum Gasteiger partial charge on any atom is 0.158 e. The van der Waals surface area contributed by atoms with Crippen LogP contribution in [-0.2, 0) is 0 Å². The molecule has 0 unspecified atom stereocenters. The first-order chi connectivity index (χ1) is 15.5. The average Bonchev–Trinajstić information content (AvgIpc) is 3.22. The standard InChI is InChI=1S/C23H26FN7O/c1-26-15-4-3-5-19(24)21(10-15)30(2)23-9-8-20(28-29-23)18-7-6-17(11-22(18)32)31-13-16(12-25)27-14-31/h6-9,11,13-15,19,21,26,32H,3-5,10H2,1-2H3/t15-,19+,21-/m0/s1. The van der Waals surface area contributed by atoms with Crippen LogP contribution in [-0.4, -0.2) is 57.2 Å². The number of aromatic nitrogens is 4. The number of imidazole rings is 1. The molecule has 0 saturated heterocycles. The van der Waals surface area contributed by atoms with Gasteiger partial charge < -0.3 is 19.9 Å². The van der Waals surface area contributed by atoms with Crippen LogP contribution < -0.4 is 10.2 Å². The van der Waals surface area contributed by atoms with Crippen LogP contribution in [0.3, 0.4) is 0 Å². The third-order valence-corrected chi connectivity index (χ3v) is 6.15. The number of phenols is 1. The van der Waals surface area contributed by atoms with Gasteiger partial charge in [0, 0.05) is 30.9 Å². The molecule has 3 atom stereocenters. The van der Waals surface area contributed by atoms with Gasteiger partial charge in [-0.25, -0.2) is 9.37 Å². The number of hydrogen-bond acceptors (Lipinski definition) is 7. The van der Waals surface area contributed by atoms with Gasteiger partial charge in [0.25, 0.3) is 0 Å². The second-order valence-electron chi connectivity index (χ2n) is 8.10. The third kappa shape index (κ3) is 4.41. The van der Waals surface area contributed by atoms with E-state index in [-0.39, 0.29) is 17.8 Å². The van der Waals surface area contributed by atoms with Crippen molar-refractivity contribution in [3.05, 3.63) is 48.5 Å². The lowest BCUT2D eigenvalue weighted by molar-refractivity contribution is 0.257. The molecule has 1 aliphatic rings. The Kier molecular flexibility index (Phi) is 6.32. The zero-order chi connectivity index (χ0) is 22.7. The van der Waals surface area contributed by atoms with E-state index in [1.54, 1.807) is 41.1 Å². The predicted molar refractivity (Wildman–Crippen MR) is 119 cm³/mol. The van der Waals surface area contributed by atoms with E-state index in [1.807, 2.05) is 25.1 Å². The molecule has 3 aromatic rings. The number of aromatic hydroxyl groups is 1. The Bertz CT molecular complexity index is 1110. The van der Waals surface area contributed by atoms with E-state index in [2.05, 4.69) is 20.5 Å². The van der Waals surface area contributed by atoms with Crippen molar-refractivity contribution in [2.24, 2.45) is 0 Å². The second kappa shape index (κ2) is 9.32. The molecule has 9 heteroatoms. The summed E-state index contributed by atoms with van der Waals surface area (Å²) in [5.41, 5.74) is 2.01. The van der Waals surface area contributed by atoms with Crippen molar-refractivity contribution in [3.63, 3.8) is 0 Å². The largest absolute Gasteiger partial charge is 0.507 e. The fourth-order valence-electron chi connectivity index (χ4n) is 4.22. The lowest BCUT2D eigenvalue weighted by atomic mass is 10.0. The fraction of sp³-hybridized carbons (Fsp3) is 0.391. The number of alkyl halides is 1. The van der Waals surface area contributed by atoms with Gasteiger partial charge in [-0.3, -0.25) is 0 Å². The Labute approximate surface area is 186 Å². The first kappa shape index (κ1) is 21.7. The molecule has 0 aliphatic heterocycles. The molecule has 4 rings (SSSR count). The van der Waals surface area contributed by atoms with Gasteiger partial charge in [0.15, 0.2) is 11.5 Å². The predicted octanol–water partition coefficient (Wildman–Crippen LogP) is 3.21. The molecule has 0 radical (unpaired) electrons. The minimum Gasteiger partial charge on any atom is -0.507 e. The quantitative estimate of drug-likeness (QED) is 0.593. The Morgan fingerprint density at radius 3 is 2.75 bits per heavy atom. The number of halogens is 1. The number of nitriles is 1. The molecule has 1 saturated carbocycles. The maximum atomic E-state index is 14.8. The summed E-state index contributed by atoms with van der Waals surface area (Å²) in [6.07, 6.45) is 5.28. The van der Waals surface area contributed by atoms with Gasteiger partial charge in [0.05, 0.1) is 17.4 Å². The normalized spacial score (nSPS) is 21.0. The topological polar surface area (TPSA) is 103 Å². The van der Waals surface area contributed by atoms with E-state index in [0.717, 1.165) is 12.8 Å². The number of benzene rings is 1. The van der Waals surface area contributed by atoms with Crippen molar-refractivity contribution >= 4 is 5.82 Å². The Hall–Kier alpha value is -3.51. The molecule has 0 bridgehead atoms. The highest BCUT2D eigenvalue weighted by Gasteiger charge is 2.31. The molecular weight excluding hydrogens is 409 g/mol. The van der Waals surface area contributed by atoms with Crippen LogP contribution >= 0.6 is 0 Å². The van der Waals surface area contributed by atoms with Gasteiger partial charge in [-0.1, -0.05) is 0 Å². The van der Waals surface area contributed by atoms with E-state index in [4.69, 9.17) is 5.26 Å². The van der Waals surface area contributed by atoms with Gasteiger partial charge in [-0.2, -0.15) is 5.26 Å². The number of hydrogen-bond donors (Lipinski definition) is 2. The zero-order valence-electron chi connectivity index (χ0n) is 18.1. The highest BCUT2D eigenvalue weighted by molar-refractivity contribution is 5.69. The van der Waals surface area contributed by atoms with Crippen LogP contribution in [0.5, 0.6) is 5.75 Å². The zero-order valence-corrected chi connectivity index (χ0v) is 18.1. The summed E-state index contributed by atoms with van der Waals surface area (Å²) in [6.45, 7) is 0. The maximum absolute atomic E-state index is 14.8. The number of phenolic OH excluding ortho intramolecular Hbond substituents is 1. The summed E-state index contributed by atoms with van der Waals surface area (Å²) in [5.74, 6) is 0.631. The summed E-state index contributed by atoms with van der Waals surface area (Å²) in [7, 11) is 3.77. The molecule has 2 heterocycles. The minimum atomic E-state index is -0.916. The highest BCUT2D eigenvalue weighted by atomic mass is 19.1. The Balaban J connectivity index is 1.53. The molecule has 1 aliphatic carbocycles. The van der Waals surface area contributed by atoms with Gasteiger partial charge in [0.2, 0.25) is 0 Å². The number of anilines is 1. The summed E-state index contributed by atoms with van der Waals surface area (Å²) < 4.78 is 16.4. The molecule has 0 spiro atoms.